The molecule has 0 aromatic heterocycles. The second-order valence-corrected chi connectivity index (χ2v) is 4.34. The van der Waals surface area contributed by atoms with Crippen molar-refractivity contribution in [2.45, 2.75) is 26.8 Å². The van der Waals surface area contributed by atoms with Crippen LogP contribution in [0.2, 0.25) is 0 Å². The molecule has 0 aromatic carbocycles. The molecule has 1 amide bonds. The lowest BCUT2D eigenvalue weighted by Crippen LogP contribution is -2.52. The lowest BCUT2D eigenvalue weighted by atomic mass is 9.86. The van der Waals surface area contributed by atoms with E-state index in [9.17, 15) is 4.79 Å². The Morgan fingerprint density at radius 3 is 2.54 bits per heavy atom. The van der Waals surface area contributed by atoms with Crippen molar-refractivity contribution in [2.75, 3.05) is 0 Å². The quantitative estimate of drug-likeness (QED) is 0.358. The van der Waals surface area contributed by atoms with E-state index < -0.39 is 6.04 Å². The molecule has 1 atom stereocenters. The highest BCUT2D eigenvalue weighted by Crippen LogP contribution is 2.26. The maximum Gasteiger partial charge on any atom is 0.270 e. The average molecular weight is 200 g/mol. The number of hydrogen-bond donors (Lipinski definition) is 1. The van der Waals surface area contributed by atoms with Crippen LogP contribution in [0.25, 0.3) is 0 Å². The van der Waals surface area contributed by atoms with Gasteiger partial charge in [0.05, 0.1) is 0 Å². The summed E-state index contributed by atoms with van der Waals surface area (Å²) >= 11 is 4.70. The number of rotatable bonds is 0. The van der Waals surface area contributed by atoms with Crippen molar-refractivity contribution in [3.05, 3.63) is 0 Å². The largest absolute Gasteiger partial charge is 0.270 e. The zero-order chi connectivity index (χ0) is 10.2. The highest BCUT2D eigenvalue weighted by atomic mass is 32.1. The van der Waals surface area contributed by atoms with E-state index in [1.165, 1.54) is 0 Å². The molecular weight excluding hydrogens is 188 g/mol. The van der Waals surface area contributed by atoms with Crippen LogP contribution in [0.15, 0.2) is 10.2 Å². The lowest BCUT2D eigenvalue weighted by molar-refractivity contribution is -0.131. The first-order valence-corrected chi connectivity index (χ1v) is 4.28. The summed E-state index contributed by atoms with van der Waals surface area (Å²) in [6.07, 6.45) is 0. The smallest absolute Gasteiger partial charge is 0.270 e. The van der Waals surface area contributed by atoms with Crippen LogP contribution in [0.4, 0.5) is 0 Å². The molecule has 0 bridgehead atoms. The van der Waals surface area contributed by atoms with Crippen molar-refractivity contribution >= 4 is 23.2 Å². The SMILES string of the molecule is CC(C)(C)C1N=NC(=S)N(N)C1=O. The predicted octanol–water partition coefficient (Wildman–Crippen LogP) is 0.854. The topological polar surface area (TPSA) is 71.1 Å². The van der Waals surface area contributed by atoms with Crippen LogP contribution >= 0.6 is 12.2 Å². The van der Waals surface area contributed by atoms with E-state index in [1.54, 1.807) is 0 Å². The standard InChI is InChI=1S/C7H12N4OS/c1-7(2,3)4-5(12)11(8)6(13)10-9-4/h4H,8H2,1-3H3. The van der Waals surface area contributed by atoms with Crippen LogP contribution in [0.5, 0.6) is 0 Å². The van der Waals surface area contributed by atoms with E-state index in [0.29, 0.717) is 0 Å². The van der Waals surface area contributed by atoms with E-state index >= 15 is 0 Å². The fraction of sp³-hybridized carbons (Fsp3) is 0.714. The molecule has 2 N–H and O–H groups in total. The Balaban J connectivity index is 2.98. The van der Waals surface area contributed by atoms with E-state index in [1.807, 2.05) is 20.8 Å². The molecule has 0 radical (unpaired) electrons. The third-order valence-electron chi connectivity index (χ3n) is 1.76. The molecule has 72 valence electrons. The Morgan fingerprint density at radius 1 is 1.54 bits per heavy atom. The van der Waals surface area contributed by atoms with Gasteiger partial charge in [-0.1, -0.05) is 20.8 Å². The maximum atomic E-state index is 11.5. The molecule has 0 fully saturated rings. The number of hydrogen-bond acceptors (Lipinski definition) is 4. The van der Waals surface area contributed by atoms with Gasteiger partial charge in [0.25, 0.3) is 5.91 Å². The van der Waals surface area contributed by atoms with Crippen LogP contribution < -0.4 is 5.84 Å². The van der Waals surface area contributed by atoms with Crippen LogP contribution in [0.1, 0.15) is 20.8 Å². The predicted molar refractivity (Wildman–Crippen MR) is 51.7 cm³/mol. The van der Waals surface area contributed by atoms with Gasteiger partial charge in [-0.3, -0.25) is 4.79 Å². The van der Waals surface area contributed by atoms with E-state index in [2.05, 4.69) is 10.2 Å². The van der Waals surface area contributed by atoms with Crippen molar-refractivity contribution in [3.63, 3.8) is 0 Å². The van der Waals surface area contributed by atoms with Crippen molar-refractivity contribution in [1.82, 2.24) is 5.01 Å². The number of thiocarbonyl (C=S) groups is 1. The zero-order valence-corrected chi connectivity index (χ0v) is 8.63. The van der Waals surface area contributed by atoms with Crippen LogP contribution in [-0.4, -0.2) is 22.1 Å². The molecule has 1 aliphatic heterocycles. The van der Waals surface area contributed by atoms with Gasteiger partial charge in [0.15, 0.2) is 6.04 Å². The molecule has 0 saturated carbocycles. The fourth-order valence-electron chi connectivity index (χ4n) is 0.974. The van der Waals surface area contributed by atoms with Gasteiger partial charge in [-0.25, -0.2) is 10.9 Å². The highest BCUT2D eigenvalue weighted by Gasteiger charge is 2.37. The minimum atomic E-state index is -0.538. The monoisotopic (exact) mass is 200 g/mol. The molecule has 0 aliphatic carbocycles. The Hall–Kier alpha value is -0.880. The molecular formula is C7H12N4OS. The van der Waals surface area contributed by atoms with Gasteiger partial charge in [-0.2, -0.15) is 5.11 Å². The Labute approximate surface area is 82.0 Å². The normalized spacial score (nSPS) is 24.0. The molecule has 1 heterocycles. The van der Waals surface area contributed by atoms with Gasteiger partial charge in [-0.15, -0.1) is 5.11 Å². The molecule has 0 aromatic rings. The van der Waals surface area contributed by atoms with Gasteiger partial charge in [0, 0.05) is 0 Å². The molecule has 1 rings (SSSR count). The second-order valence-electron chi connectivity index (χ2n) is 3.97. The third kappa shape index (κ3) is 1.89. The first-order chi connectivity index (χ1) is 5.84. The first kappa shape index (κ1) is 10.2. The summed E-state index contributed by atoms with van der Waals surface area (Å²) in [5.41, 5.74) is -0.283. The summed E-state index contributed by atoms with van der Waals surface area (Å²) in [6.45, 7) is 5.70. The summed E-state index contributed by atoms with van der Waals surface area (Å²) in [5, 5.41) is 8.36. The Morgan fingerprint density at radius 2 is 2.08 bits per heavy atom. The van der Waals surface area contributed by atoms with Gasteiger partial charge in [-0.05, 0) is 17.6 Å². The summed E-state index contributed by atoms with van der Waals surface area (Å²) in [5.74, 6) is 5.10. The maximum absolute atomic E-state index is 11.5. The van der Waals surface area contributed by atoms with E-state index in [0.717, 1.165) is 5.01 Å². The van der Waals surface area contributed by atoms with Crippen molar-refractivity contribution in [3.8, 4) is 0 Å². The third-order valence-corrected chi connectivity index (χ3v) is 2.03. The number of carbonyl (C=O) groups is 1. The number of carbonyl (C=O) groups excluding carboxylic acids is 1. The molecule has 0 saturated heterocycles. The average Bonchev–Trinajstić information content (AvgIpc) is 1.98. The van der Waals surface area contributed by atoms with E-state index in [-0.39, 0.29) is 16.4 Å². The molecule has 13 heavy (non-hydrogen) atoms. The van der Waals surface area contributed by atoms with Gasteiger partial charge < -0.3 is 0 Å². The molecule has 1 unspecified atom stereocenters. The Bertz CT molecular complexity index is 281. The summed E-state index contributed by atoms with van der Waals surface area (Å²) in [4.78, 5) is 11.5. The summed E-state index contributed by atoms with van der Waals surface area (Å²) in [7, 11) is 0. The zero-order valence-electron chi connectivity index (χ0n) is 7.81. The minimum Gasteiger partial charge on any atom is -0.270 e. The molecule has 6 heteroatoms. The summed E-state index contributed by atoms with van der Waals surface area (Å²) < 4.78 is 0. The minimum absolute atomic E-state index is 0.0190. The first-order valence-electron chi connectivity index (χ1n) is 3.87. The number of hydrazine groups is 1. The van der Waals surface area contributed by atoms with Crippen LogP contribution in [-0.2, 0) is 4.79 Å². The van der Waals surface area contributed by atoms with Gasteiger partial charge in [0.1, 0.15) is 0 Å². The second kappa shape index (κ2) is 3.12. The lowest BCUT2D eigenvalue weighted by Gasteiger charge is -2.30. The van der Waals surface area contributed by atoms with Crippen molar-refractivity contribution in [1.29, 1.82) is 0 Å². The number of nitrogens with two attached hydrogens (primary N) is 1. The van der Waals surface area contributed by atoms with Crippen molar-refractivity contribution in [2.24, 2.45) is 21.5 Å². The fourth-order valence-corrected chi connectivity index (χ4v) is 1.11. The van der Waals surface area contributed by atoms with Crippen LogP contribution in [0.3, 0.4) is 0 Å². The van der Waals surface area contributed by atoms with Gasteiger partial charge in [0.2, 0.25) is 5.11 Å². The van der Waals surface area contributed by atoms with Crippen LogP contribution in [0, 0.1) is 5.41 Å². The molecule has 5 nitrogen and oxygen atoms in total. The van der Waals surface area contributed by atoms with Crippen molar-refractivity contribution < 1.29 is 4.79 Å². The number of azo groups is 1. The number of amides is 1. The number of nitrogens with zero attached hydrogens (tertiary/aromatic N) is 3. The summed E-state index contributed by atoms with van der Waals surface area (Å²) in [6, 6.07) is -0.538. The Kier molecular flexibility index (Phi) is 2.44. The molecule has 0 spiro atoms. The van der Waals surface area contributed by atoms with Gasteiger partial charge >= 0.3 is 0 Å². The highest BCUT2D eigenvalue weighted by molar-refractivity contribution is 7.80. The van der Waals surface area contributed by atoms with E-state index in [4.69, 9.17) is 18.1 Å². The molecule has 1 aliphatic rings.